The highest BCUT2D eigenvalue weighted by Crippen LogP contribution is 2.01. The Kier molecular flexibility index (Phi) is 5.56. The summed E-state index contributed by atoms with van der Waals surface area (Å²) in [7, 11) is -3.96. The molecule has 0 heterocycles. The van der Waals surface area contributed by atoms with Crippen molar-refractivity contribution < 1.29 is 23.9 Å². The summed E-state index contributed by atoms with van der Waals surface area (Å²) in [5.41, 5.74) is 0. The fraction of sp³-hybridized carbons (Fsp3) is 0.571. The molecule has 0 spiro atoms. The number of hydrogen-bond donors (Lipinski definition) is 3. The molecule has 5 nitrogen and oxygen atoms in total. The van der Waals surface area contributed by atoms with Crippen LogP contribution < -0.4 is 0 Å². The Balaban J connectivity index is 3.41. The lowest BCUT2D eigenvalue weighted by molar-refractivity contribution is -0.137. The van der Waals surface area contributed by atoms with Gasteiger partial charge in [0.05, 0.1) is 6.61 Å². The minimum Gasteiger partial charge on any atom is -0.463 e. The third-order valence-electron chi connectivity index (χ3n) is 1.20. The SMILES string of the molecule is CC=CC(=O)OCCC[Si](O)(O)O. The second-order valence-electron chi connectivity index (χ2n) is 2.55. The van der Waals surface area contributed by atoms with Crippen LogP contribution >= 0.6 is 0 Å². The van der Waals surface area contributed by atoms with Gasteiger partial charge in [0.2, 0.25) is 0 Å². The fourth-order valence-corrected chi connectivity index (χ4v) is 1.28. The quantitative estimate of drug-likeness (QED) is 0.242. The molecule has 76 valence electrons. The van der Waals surface area contributed by atoms with Gasteiger partial charge in [-0.05, 0) is 13.3 Å². The van der Waals surface area contributed by atoms with E-state index in [1.807, 2.05) is 0 Å². The topological polar surface area (TPSA) is 87.0 Å². The van der Waals surface area contributed by atoms with Gasteiger partial charge in [-0.2, -0.15) is 0 Å². The predicted molar refractivity (Wildman–Crippen MR) is 47.6 cm³/mol. The molecule has 0 aliphatic rings. The van der Waals surface area contributed by atoms with Gasteiger partial charge in [0.25, 0.3) is 0 Å². The average Bonchev–Trinajstić information content (AvgIpc) is 1.97. The van der Waals surface area contributed by atoms with Gasteiger partial charge in [-0.3, -0.25) is 0 Å². The van der Waals surface area contributed by atoms with Gasteiger partial charge in [-0.1, -0.05) is 6.08 Å². The van der Waals surface area contributed by atoms with E-state index in [9.17, 15) is 4.79 Å². The van der Waals surface area contributed by atoms with Crippen molar-refractivity contribution in [3.8, 4) is 0 Å². The van der Waals surface area contributed by atoms with Crippen LogP contribution in [-0.2, 0) is 9.53 Å². The van der Waals surface area contributed by atoms with E-state index in [4.69, 9.17) is 14.4 Å². The first-order valence-corrected chi connectivity index (χ1v) is 5.97. The van der Waals surface area contributed by atoms with Crippen LogP contribution in [0, 0.1) is 0 Å². The van der Waals surface area contributed by atoms with Crippen molar-refractivity contribution in [1.29, 1.82) is 0 Å². The Morgan fingerprint density at radius 3 is 2.54 bits per heavy atom. The second kappa shape index (κ2) is 5.87. The summed E-state index contributed by atoms with van der Waals surface area (Å²) in [6.45, 7) is 1.77. The van der Waals surface area contributed by atoms with Crippen LogP contribution in [0.1, 0.15) is 13.3 Å². The minimum absolute atomic E-state index is 0.0829. The minimum atomic E-state index is -3.96. The molecule has 0 radical (unpaired) electrons. The molecule has 0 saturated carbocycles. The van der Waals surface area contributed by atoms with E-state index in [1.54, 1.807) is 13.0 Å². The zero-order valence-electron chi connectivity index (χ0n) is 7.43. The number of rotatable bonds is 5. The first-order chi connectivity index (χ1) is 5.95. The normalized spacial score (nSPS) is 12.0. The largest absolute Gasteiger partial charge is 0.492 e. The Labute approximate surface area is 77.6 Å². The molecule has 0 rings (SSSR count). The van der Waals surface area contributed by atoms with E-state index < -0.39 is 14.8 Å². The lowest BCUT2D eigenvalue weighted by atomic mass is 10.5. The molecular weight excluding hydrogens is 192 g/mol. The molecular formula is C7H14O5Si. The van der Waals surface area contributed by atoms with Crippen molar-refractivity contribution in [3.05, 3.63) is 12.2 Å². The molecule has 0 atom stereocenters. The molecule has 0 amide bonds. The Bertz CT molecular complexity index is 184. The molecule has 0 saturated heterocycles. The van der Waals surface area contributed by atoms with E-state index >= 15 is 0 Å². The number of ether oxygens (including phenoxy) is 1. The van der Waals surface area contributed by atoms with Crippen LogP contribution in [0.2, 0.25) is 6.04 Å². The molecule has 0 aliphatic carbocycles. The Morgan fingerprint density at radius 1 is 1.46 bits per heavy atom. The standard InChI is InChI=1S/C7H14O5Si/c1-2-4-7(8)12-5-3-6-13(9,10)11/h2,4,9-11H,3,5-6H2,1H3. The third kappa shape index (κ3) is 9.22. The van der Waals surface area contributed by atoms with Gasteiger partial charge in [0.1, 0.15) is 0 Å². The highest BCUT2D eigenvalue weighted by molar-refractivity contribution is 6.56. The maximum atomic E-state index is 10.7. The van der Waals surface area contributed by atoms with Crippen molar-refractivity contribution in [3.63, 3.8) is 0 Å². The van der Waals surface area contributed by atoms with E-state index in [-0.39, 0.29) is 19.1 Å². The molecule has 0 unspecified atom stereocenters. The van der Waals surface area contributed by atoms with E-state index in [0.29, 0.717) is 0 Å². The Morgan fingerprint density at radius 2 is 2.08 bits per heavy atom. The molecule has 13 heavy (non-hydrogen) atoms. The van der Waals surface area contributed by atoms with Crippen molar-refractivity contribution >= 4 is 14.8 Å². The summed E-state index contributed by atoms with van der Waals surface area (Å²) >= 11 is 0. The highest BCUT2D eigenvalue weighted by Gasteiger charge is 2.25. The monoisotopic (exact) mass is 206 g/mol. The molecule has 0 fully saturated rings. The first-order valence-electron chi connectivity index (χ1n) is 3.92. The maximum absolute atomic E-state index is 10.7. The number of hydrogen-bond acceptors (Lipinski definition) is 5. The van der Waals surface area contributed by atoms with Gasteiger partial charge < -0.3 is 19.1 Å². The third-order valence-corrected chi connectivity index (χ3v) is 2.23. The molecule has 0 aromatic carbocycles. The van der Waals surface area contributed by atoms with Crippen LogP contribution in [0.15, 0.2) is 12.2 Å². The summed E-state index contributed by atoms with van der Waals surface area (Å²) in [5.74, 6) is -0.469. The number of carbonyl (C=O) groups excluding carboxylic acids is 1. The van der Waals surface area contributed by atoms with Crippen molar-refractivity contribution in [1.82, 2.24) is 0 Å². The molecule has 0 aliphatic heterocycles. The molecule has 6 heteroatoms. The van der Waals surface area contributed by atoms with Crippen molar-refractivity contribution in [2.24, 2.45) is 0 Å². The van der Waals surface area contributed by atoms with E-state index in [0.717, 1.165) is 0 Å². The molecule has 0 bridgehead atoms. The van der Waals surface area contributed by atoms with Crippen molar-refractivity contribution in [2.75, 3.05) is 6.61 Å². The van der Waals surface area contributed by atoms with Crippen LogP contribution in [0.5, 0.6) is 0 Å². The van der Waals surface area contributed by atoms with Gasteiger partial charge in [0, 0.05) is 12.1 Å². The zero-order chi connectivity index (χ0) is 10.3. The zero-order valence-corrected chi connectivity index (χ0v) is 8.43. The number of esters is 1. The Hall–Kier alpha value is -0.693. The van der Waals surface area contributed by atoms with Gasteiger partial charge in [0.15, 0.2) is 0 Å². The highest BCUT2D eigenvalue weighted by atomic mass is 28.4. The summed E-state index contributed by atoms with van der Waals surface area (Å²) in [6, 6.07) is -0.115. The second-order valence-corrected chi connectivity index (χ2v) is 4.59. The summed E-state index contributed by atoms with van der Waals surface area (Å²) in [5, 5.41) is 0. The predicted octanol–water partition coefficient (Wildman–Crippen LogP) is -0.588. The summed E-state index contributed by atoms with van der Waals surface area (Å²) in [6.07, 6.45) is 3.06. The molecule has 3 N–H and O–H groups in total. The van der Waals surface area contributed by atoms with Gasteiger partial charge in [-0.25, -0.2) is 4.79 Å². The first kappa shape index (κ1) is 12.3. The summed E-state index contributed by atoms with van der Waals surface area (Å²) < 4.78 is 4.64. The van der Waals surface area contributed by atoms with Crippen LogP contribution in [-0.4, -0.2) is 35.8 Å². The van der Waals surface area contributed by atoms with E-state index in [2.05, 4.69) is 4.74 Å². The van der Waals surface area contributed by atoms with Crippen LogP contribution in [0.25, 0.3) is 0 Å². The number of carbonyl (C=O) groups is 1. The maximum Gasteiger partial charge on any atom is 0.492 e. The lowest BCUT2D eigenvalue weighted by Gasteiger charge is -2.08. The average molecular weight is 206 g/mol. The van der Waals surface area contributed by atoms with Gasteiger partial charge >= 0.3 is 14.8 Å². The molecule has 0 aromatic rings. The van der Waals surface area contributed by atoms with E-state index in [1.165, 1.54) is 6.08 Å². The van der Waals surface area contributed by atoms with Crippen LogP contribution in [0.3, 0.4) is 0 Å². The lowest BCUT2D eigenvalue weighted by Crippen LogP contribution is -2.34. The molecule has 0 aromatic heterocycles. The smallest absolute Gasteiger partial charge is 0.463 e. The summed E-state index contributed by atoms with van der Waals surface area (Å²) in [4.78, 5) is 36.4. The fourth-order valence-electron chi connectivity index (χ4n) is 0.666. The number of allylic oxidation sites excluding steroid dienone is 1. The van der Waals surface area contributed by atoms with Crippen molar-refractivity contribution in [2.45, 2.75) is 19.4 Å². The van der Waals surface area contributed by atoms with Crippen LogP contribution in [0.4, 0.5) is 0 Å². The van der Waals surface area contributed by atoms with Gasteiger partial charge in [-0.15, -0.1) is 0 Å².